The van der Waals surface area contributed by atoms with Crippen LogP contribution in [0.2, 0.25) is 0 Å². The second kappa shape index (κ2) is 9.44. The van der Waals surface area contributed by atoms with Crippen LogP contribution < -0.4 is 9.47 Å². The van der Waals surface area contributed by atoms with E-state index in [9.17, 15) is 0 Å². The zero-order valence-corrected chi connectivity index (χ0v) is 21.4. The number of thiazole rings is 1. The minimum Gasteiger partial charge on any atom is -0.496 e. The summed E-state index contributed by atoms with van der Waals surface area (Å²) in [4.78, 5) is 6.13. The molecule has 5 nitrogen and oxygen atoms in total. The highest BCUT2D eigenvalue weighted by Gasteiger charge is 2.25. The lowest BCUT2D eigenvalue weighted by molar-refractivity contribution is 0.416. The van der Waals surface area contributed by atoms with E-state index in [4.69, 9.17) is 19.6 Å². The summed E-state index contributed by atoms with van der Waals surface area (Å²) in [6, 6.07) is 26.0. The number of rotatable bonds is 6. The second-order valence-corrected chi connectivity index (χ2v) is 9.57. The summed E-state index contributed by atoms with van der Waals surface area (Å²) in [5, 5.41) is 5.82. The van der Waals surface area contributed by atoms with Crippen molar-refractivity contribution in [2.75, 3.05) is 14.2 Å². The van der Waals surface area contributed by atoms with Crippen LogP contribution in [0, 0.1) is 6.92 Å². The van der Waals surface area contributed by atoms with E-state index >= 15 is 0 Å². The molecule has 0 unspecified atom stereocenters. The lowest BCUT2D eigenvalue weighted by atomic mass is 10.1. The van der Waals surface area contributed by atoms with Crippen LogP contribution in [0.5, 0.6) is 11.5 Å². The smallest absolute Gasteiger partial charge is 0.211 e. The van der Waals surface area contributed by atoms with Crippen molar-refractivity contribution in [1.29, 1.82) is 0 Å². The number of aryl methyl sites for hydroxylation is 1. The Balaban J connectivity index is 1.77. The number of hydrogen-bond acceptors (Lipinski definition) is 5. The molecule has 0 aliphatic rings. The van der Waals surface area contributed by atoms with Crippen molar-refractivity contribution in [3.05, 3.63) is 88.2 Å². The molecule has 0 bridgehead atoms. The van der Waals surface area contributed by atoms with E-state index < -0.39 is 0 Å². The Morgan fingerprint density at radius 2 is 1.35 bits per heavy atom. The van der Waals surface area contributed by atoms with Crippen LogP contribution in [0.1, 0.15) is 4.88 Å². The van der Waals surface area contributed by atoms with E-state index in [2.05, 4.69) is 35.0 Å². The standard InChI is InChI=1S/C27H22BrN3O2S/c1-17-24(18-11-5-4-6-12-18)29-27(34-17)31-26(20-14-8-10-16-22(20)33-3)23(28)25(30-31)19-13-7-9-15-21(19)32-2/h4-16H,1-3H3. The van der Waals surface area contributed by atoms with Crippen molar-refractivity contribution in [1.82, 2.24) is 14.8 Å². The number of benzene rings is 3. The SMILES string of the molecule is COc1ccccc1-c1nn(-c2nc(-c3ccccc3)c(C)s2)c(-c2ccccc2OC)c1Br. The molecular weight excluding hydrogens is 510 g/mol. The number of para-hydroxylation sites is 2. The number of aromatic nitrogens is 3. The zero-order valence-electron chi connectivity index (χ0n) is 18.9. The van der Waals surface area contributed by atoms with Crippen LogP contribution >= 0.6 is 27.3 Å². The molecule has 0 N–H and O–H groups in total. The highest BCUT2D eigenvalue weighted by Crippen LogP contribution is 2.44. The Bertz CT molecular complexity index is 1460. The molecule has 0 saturated heterocycles. The van der Waals surface area contributed by atoms with E-state index in [1.807, 2.05) is 71.4 Å². The van der Waals surface area contributed by atoms with Crippen molar-refractivity contribution in [3.8, 4) is 50.4 Å². The molecule has 5 rings (SSSR count). The fourth-order valence-electron chi connectivity index (χ4n) is 3.96. The van der Waals surface area contributed by atoms with Gasteiger partial charge in [-0.15, -0.1) is 0 Å². The summed E-state index contributed by atoms with van der Waals surface area (Å²) in [6.45, 7) is 2.09. The predicted molar refractivity (Wildman–Crippen MR) is 141 cm³/mol. The van der Waals surface area contributed by atoms with E-state index in [1.165, 1.54) is 0 Å². The van der Waals surface area contributed by atoms with Crippen LogP contribution in [0.25, 0.3) is 38.9 Å². The van der Waals surface area contributed by atoms with Gasteiger partial charge < -0.3 is 9.47 Å². The summed E-state index contributed by atoms with van der Waals surface area (Å²) in [7, 11) is 3.34. The molecule has 170 valence electrons. The highest BCUT2D eigenvalue weighted by atomic mass is 79.9. The molecule has 0 aliphatic heterocycles. The van der Waals surface area contributed by atoms with Crippen molar-refractivity contribution < 1.29 is 9.47 Å². The van der Waals surface area contributed by atoms with Gasteiger partial charge in [-0.3, -0.25) is 0 Å². The molecule has 0 fully saturated rings. The van der Waals surface area contributed by atoms with Crippen LogP contribution in [0.3, 0.4) is 0 Å². The Morgan fingerprint density at radius 3 is 2.03 bits per heavy atom. The number of hydrogen-bond donors (Lipinski definition) is 0. The first kappa shape index (κ1) is 22.4. The molecule has 0 atom stereocenters. The minimum absolute atomic E-state index is 0.750. The fourth-order valence-corrected chi connectivity index (χ4v) is 5.52. The molecule has 0 spiro atoms. The molecule has 2 heterocycles. The van der Waals surface area contributed by atoms with Gasteiger partial charge in [0.2, 0.25) is 5.13 Å². The average molecular weight is 532 g/mol. The Hall–Kier alpha value is -3.42. The normalized spacial score (nSPS) is 10.9. The van der Waals surface area contributed by atoms with Crippen molar-refractivity contribution in [2.45, 2.75) is 6.92 Å². The fraction of sp³-hybridized carbons (Fsp3) is 0.111. The van der Waals surface area contributed by atoms with Gasteiger partial charge in [0.1, 0.15) is 17.2 Å². The summed E-state index contributed by atoms with van der Waals surface area (Å²) in [5.41, 5.74) is 5.48. The molecule has 3 aromatic carbocycles. The monoisotopic (exact) mass is 531 g/mol. The Labute approximate surface area is 210 Å². The first-order valence-electron chi connectivity index (χ1n) is 10.7. The molecule has 0 aliphatic carbocycles. The molecule has 5 aromatic rings. The maximum Gasteiger partial charge on any atom is 0.211 e. The van der Waals surface area contributed by atoms with E-state index in [0.717, 1.165) is 59.8 Å². The summed E-state index contributed by atoms with van der Waals surface area (Å²) < 4.78 is 14.1. The highest BCUT2D eigenvalue weighted by molar-refractivity contribution is 9.10. The van der Waals surface area contributed by atoms with Crippen LogP contribution in [-0.2, 0) is 0 Å². The lowest BCUT2D eigenvalue weighted by Gasteiger charge is -2.10. The van der Waals surface area contributed by atoms with Crippen LogP contribution in [-0.4, -0.2) is 29.0 Å². The third-order valence-electron chi connectivity index (χ3n) is 5.57. The van der Waals surface area contributed by atoms with Gasteiger partial charge in [-0.25, -0.2) is 9.67 Å². The zero-order chi connectivity index (χ0) is 23.7. The minimum atomic E-state index is 0.750. The maximum atomic E-state index is 5.70. The first-order valence-corrected chi connectivity index (χ1v) is 12.3. The quantitative estimate of drug-likeness (QED) is 0.228. The average Bonchev–Trinajstić information content (AvgIpc) is 3.44. The van der Waals surface area contributed by atoms with E-state index in [-0.39, 0.29) is 0 Å². The molecule has 0 amide bonds. The molecular formula is C27H22BrN3O2S. The van der Waals surface area contributed by atoms with Crippen LogP contribution in [0.15, 0.2) is 83.3 Å². The summed E-state index contributed by atoms with van der Waals surface area (Å²) >= 11 is 5.46. The first-order chi connectivity index (χ1) is 16.6. The van der Waals surface area contributed by atoms with Gasteiger partial charge >= 0.3 is 0 Å². The Morgan fingerprint density at radius 1 is 0.765 bits per heavy atom. The third-order valence-corrected chi connectivity index (χ3v) is 7.26. The van der Waals surface area contributed by atoms with Gasteiger partial charge in [-0.1, -0.05) is 65.9 Å². The van der Waals surface area contributed by atoms with Gasteiger partial charge in [0.05, 0.1) is 30.1 Å². The van der Waals surface area contributed by atoms with Gasteiger partial charge in [0, 0.05) is 21.6 Å². The third kappa shape index (κ3) is 3.91. The van der Waals surface area contributed by atoms with E-state index in [1.54, 1.807) is 25.6 Å². The topological polar surface area (TPSA) is 49.2 Å². The molecule has 0 saturated carbocycles. The van der Waals surface area contributed by atoms with Gasteiger partial charge in [0.15, 0.2) is 0 Å². The van der Waals surface area contributed by atoms with Crippen molar-refractivity contribution in [2.24, 2.45) is 0 Å². The molecule has 0 radical (unpaired) electrons. The predicted octanol–water partition coefficient (Wildman–Crippen LogP) is 7.42. The summed E-state index contributed by atoms with van der Waals surface area (Å²) in [5.74, 6) is 1.51. The molecule has 2 aromatic heterocycles. The number of nitrogens with zero attached hydrogens (tertiary/aromatic N) is 3. The largest absolute Gasteiger partial charge is 0.496 e. The van der Waals surface area contributed by atoms with Crippen LogP contribution in [0.4, 0.5) is 0 Å². The Kier molecular flexibility index (Phi) is 6.22. The van der Waals surface area contributed by atoms with Crippen molar-refractivity contribution in [3.63, 3.8) is 0 Å². The van der Waals surface area contributed by atoms with Gasteiger partial charge in [0.25, 0.3) is 0 Å². The summed E-state index contributed by atoms with van der Waals surface area (Å²) in [6.07, 6.45) is 0. The number of methoxy groups -OCH3 is 2. The second-order valence-electron chi connectivity index (χ2n) is 7.59. The lowest BCUT2D eigenvalue weighted by Crippen LogP contribution is -2.00. The van der Waals surface area contributed by atoms with Crippen molar-refractivity contribution >= 4 is 27.3 Å². The maximum absolute atomic E-state index is 5.70. The number of ether oxygens (including phenoxy) is 2. The van der Waals surface area contributed by atoms with Gasteiger partial charge in [-0.05, 0) is 47.1 Å². The number of halogens is 1. The molecule has 34 heavy (non-hydrogen) atoms. The van der Waals surface area contributed by atoms with E-state index in [0.29, 0.717) is 0 Å². The molecule has 7 heteroatoms. The van der Waals surface area contributed by atoms with Gasteiger partial charge in [-0.2, -0.15) is 5.10 Å².